The van der Waals surface area contributed by atoms with Crippen LogP contribution in [0.25, 0.3) is 0 Å². The number of aromatic nitrogens is 2. The molecule has 1 N–H and O–H groups in total. The van der Waals surface area contributed by atoms with Gasteiger partial charge in [-0.05, 0) is 81.5 Å². The molecule has 2 heterocycles. The number of amides is 1. The molecule has 1 saturated heterocycles. The van der Waals surface area contributed by atoms with Crippen LogP contribution in [-0.2, 0) is 27.4 Å². The van der Waals surface area contributed by atoms with Crippen molar-refractivity contribution in [3.05, 3.63) is 82.7 Å². The van der Waals surface area contributed by atoms with Gasteiger partial charge in [-0.25, -0.2) is 18.0 Å². The number of carboxylic acid groups (broad SMARTS) is 1. The summed E-state index contributed by atoms with van der Waals surface area (Å²) < 4.78 is 33.4. The first-order valence-electron chi connectivity index (χ1n) is 13.0. The summed E-state index contributed by atoms with van der Waals surface area (Å²) >= 11 is 0. The van der Waals surface area contributed by atoms with Crippen molar-refractivity contribution in [2.45, 2.75) is 55.8 Å². The molecule has 40 heavy (non-hydrogen) atoms. The van der Waals surface area contributed by atoms with Crippen molar-refractivity contribution in [3.8, 4) is 11.8 Å². The summed E-state index contributed by atoms with van der Waals surface area (Å²) in [6.07, 6.45) is 3.02. The molecule has 0 saturated carbocycles. The van der Waals surface area contributed by atoms with Crippen molar-refractivity contribution in [3.63, 3.8) is 0 Å². The van der Waals surface area contributed by atoms with Crippen LogP contribution < -0.4 is 0 Å². The lowest BCUT2D eigenvalue weighted by atomic mass is 9.89. The Morgan fingerprint density at radius 3 is 2.30 bits per heavy atom. The highest BCUT2D eigenvalue weighted by molar-refractivity contribution is 7.90. The second kappa shape index (κ2) is 11.6. The van der Waals surface area contributed by atoms with Gasteiger partial charge in [0.1, 0.15) is 5.60 Å². The van der Waals surface area contributed by atoms with E-state index in [0.717, 1.165) is 18.4 Å². The first-order valence-corrected chi connectivity index (χ1v) is 14.6. The molecule has 210 valence electrons. The van der Waals surface area contributed by atoms with Gasteiger partial charge in [0.15, 0.2) is 9.84 Å². The summed E-state index contributed by atoms with van der Waals surface area (Å²) in [5.74, 6) is 4.68. The number of hydrogen-bond donors (Lipinski definition) is 1. The molecule has 2 aromatic carbocycles. The fourth-order valence-electron chi connectivity index (χ4n) is 4.54. The van der Waals surface area contributed by atoms with Crippen LogP contribution in [0.3, 0.4) is 0 Å². The van der Waals surface area contributed by atoms with E-state index in [4.69, 9.17) is 4.74 Å². The van der Waals surface area contributed by atoms with Crippen molar-refractivity contribution < 1.29 is 27.9 Å². The SMILES string of the molecule is Cn1ccc(CS(=O)(=O)c2ccc(C(=O)O)cc2C#Cc2ccc(C3CCN(C(=O)OC(C)(C)C)CC3)cc2)n1. The molecule has 3 aromatic rings. The standard InChI is InChI=1S/C30H33N3O6S/c1-30(2,3)39-29(36)33-17-13-23(14-18-33)22-8-5-21(6-9-22)7-10-24-19-25(28(34)35)11-12-27(24)40(37,38)20-26-15-16-32(4)31-26/h5-6,8-9,11-12,15-16,19,23H,13-14,17-18,20H2,1-4H3,(H,34,35). The largest absolute Gasteiger partial charge is 0.478 e. The first-order chi connectivity index (χ1) is 18.8. The zero-order valence-corrected chi connectivity index (χ0v) is 23.9. The van der Waals surface area contributed by atoms with Gasteiger partial charge in [0, 0.05) is 37.5 Å². The highest BCUT2D eigenvalue weighted by Crippen LogP contribution is 2.29. The molecule has 1 aliphatic rings. The number of ether oxygens (including phenoxy) is 1. The van der Waals surface area contributed by atoms with Gasteiger partial charge < -0.3 is 14.7 Å². The predicted octanol–water partition coefficient (Wildman–Crippen LogP) is 4.61. The number of carbonyl (C=O) groups excluding carboxylic acids is 1. The quantitative estimate of drug-likeness (QED) is 0.451. The summed E-state index contributed by atoms with van der Waals surface area (Å²) in [4.78, 5) is 25.6. The van der Waals surface area contributed by atoms with Crippen LogP contribution in [0, 0.1) is 11.8 Å². The zero-order valence-electron chi connectivity index (χ0n) is 23.0. The molecule has 0 unspecified atom stereocenters. The number of benzene rings is 2. The lowest BCUT2D eigenvalue weighted by molar-refractivity contribution is 0.0204. The third-order valence-corrected chi connectivity index (χ3v) is 8.24. The van der Waals surface area contributed by atoms with Crippen LogP contribution in [0.2, 0.25) is 0 Å². The minimum absolute atomic E-state index is 0.0379. The number of aryl methyl sites for hydroxylation is 1. The van der Waals surface area contributed by atoms with Crippen molar-refractivity contribution in [2.75, 3.05) is 13.1 Å². The molecule has 9 nitrogen and oxygen atoms in total. The number of hydrogen-bond acceptors (Lipinski definition) is 6. The van der Waals surface area contributed by atoms with E-state index in [2.05, 4.69) is 16.9 Å². The number of piperidine rings is 1. The predicted molar refractivity (Wildman–Crippen MR) is 150 cm³/mol. The molecule has 10 heteroatoms. The normalized spacial score (nSPS) is 14.3. The summed E-state index contributed by atoms with van der Waals surface area (Å²) in [5.41, 5.74) is 1.74. The Bertz CT molecular complexity index is 1570. The Balaban J connectivity index is 1.50. The van der Waals surface area contributed by atoms with Crippen LogP contribution in [0.5, 0.6) is 0 Å². The number of carbonyl (C=O) groups is 2. The topological polar surface area (TPSA) is 119 Å². The maximum Gasteiger partial charge on any atom is 0.410 e. The molecule has 0 aliphatic carbocycles. The van der Waals surface area contributed by atoms with Gasteiger partial charge >= 0.3 is 12.1 Å². The number of carboxylic acids is 1. The Hall–Kier alpha value is -4.10. The second-order valence-corrected chi connectivity index (χ2v) is 12.8. The highest BCUT2D eigenvalue weighted by Gasteiger charge is 2.27. The molecule has 1 fully saturated rings. The lowest BCUT2D eigenvalue weighted by Crippen LogP contribution is -2.41. The van der Waals surface area contributed by atoms with Gasteiger partial charge in [-0.2, -0.15) is 5.10 Å². The van der Waals surface area contributed by atoms with E-state index in [1.54, 1.807) is 24.2 Å². The monoisotopic (exact) mass is 563 g/mol. The molecule has 1 aromatic heterocycles. The number of likely N-dealkylation sites (tertiary alicyclic amines) is 1. The van der Waals surface area contributed by atoms with Crippen LogP contribution in [0.1, 0.15) is 72.3 Å². The van der Waals surface area contributed by atoms with E-state index in [9.17, 15) is 23.1 Å². The van der Waals surface area contributed by atoms with Crippen LogP contribution in [-0.4, -0.2) is 59.0 Å². The van der Waals surface area contributed by atoms with Gasteiger partial charge in [0.2, 0.25) is 0 Å². The minimum Gasteiger partial charge on any atom is -0.478 e. The van der Waals surface area contributed by atoms with Crippen molar-refractivity contribution in [2.24, 2.45) is 7.05 Å². The van der Waals surface area contributed by atoms with Gasteiger partial charge in [0.25, 0.3) is 0 Å². The van der Waals surface area contributed by atoms with Gasteiger partial charge in [-0.1, -0.05) is 24.0 Å². The number of aromatic carboxylic acids is 1. The first kappa shape index (κ1) is 28.9. The van der Waals surface area contributed by atoms with E-state index in [0.29, 0.717) is 30.3 Å². The van der Waals surface area contributed by atoms with E-state index >= 15 is 0 Å². The van der Waals surface area contributed by atoms with Crippen molar-refractivity contribution >= 4 is 21.9 Å². The van der Waals surface area contributed by atoms with Crippen LogP contribution in [0.4, 0.5) is 4.79 Å². The molecular formula is C30H33N3O6S. The molecule has 0 bridgehead atoms. The average molecular weight is 564 g/mol. The van der Waals surface area contributed by atoms with E-state index < -0.39 is 21.4 Å². The summed E-state index contributed by atoms with van der Waals surface area (Å²) in [5, 5.41) is 13.6. The molecule has 1 amide bonds. The van der Waals surface area contributed by atoms with Crippen molar-refractivity contribution in [1.29, 1.82) is 0 Å². The maximum atomic E-state index is 13.2. The average Bonchev–Trinajstić information content (AvgIpc) is 3.30. The Morgan fingerprint density at radius 2 is 1.73 bits per heavy atom. The van der Waals surface area contributed by atoms with Crippen LogP contribution >= 0.6 is 0 Å². The number of nitrogens with zero attached hydrogens (tertiary/aromatic N) is 3. The zero-order chi connectivity index (χ0) is 29.1. The molecule has 0 radical (unpaired) electrons. The maximum absolute atomic E-state index is 13.2. The van der Waals surface area contributed by atoms with Gasteiger partial charge in [-0.3, -0.25) is 4.68 Å². The fraction of sp³-hybridized carbons (Fsp3) is 0.367. The van der Waals surface area contributed by atoms with Crippen LogP contribution in [0.15, 0.2) is 59.6 Å². The minimum atomic E-state index is -3.83. The third kappa shape index (κ3) is 7.30. The summed E-state index contributed by atoms with van der Waals surface area (Å²) in [7, 11) is -2.13. The van der Waals surface area contributed by atoms with E-state index in [1.165, 1.54) is 22.9 Å². The Labute approximate surface area is 234 Å². The van der Waals surface area contributed by atoms with E-state index in [1.807, 2.05) is 45.0 Å². The molecular weight excluding hydrogens is 530 g/mol. The third-order valence-electron chi connectivity index (χ3n) is 6.54. The number of sulfone groups is 1. The lowest BCUT2D eigenvalue weighted by Gasteiger charge is -2.33. The molecule has 0 spiro atoms. The molecule has 0 atom stereocenters. The number of rotatable bonds is 5. The van der Waals surface area contributed by atoms with Gasteiger partial charge in [0.05, 0.1) is 21.9 Å². The second-order valence-electron chi connectivity index (χ2n) is 10.9. The summed E-state index contributed by atoms with van der Waals surface area (Å²) in [6.45, 7) is 6.81. The van der Waals surface area contributed by atoms with E-state index in [-0.39, 0.29) is 27.9 Å². The highest BCUT2D eigenvalue weighted by atomic mass is 32.2. The Kier molecular flexibility index (Phi) is 8.35. The fourth-order valence-corrected chi connectivity index (χ4v) is 5.96. The smallest absolute Gasteiger partial charge is 0.410 e. The van der Waals surface area contributed by atoms with Gasteiger partial charge in [-0.15, -0.1) is 0 Å². The molecule has 1 aliphatic heterocycles. The Morgan fingerprint density at radius 1 is 1.05 bits per heavy atom. The summed E-state index contributed by atoms with van der Waals surface area (Å²) in [6, 6.07) is 13.2. The molecule has 4 rings (SSSR count). The van der Waals surface area contributed by atoms with Crippen molar-refractivity contribution in [1.82, 2.24) is 14.7 Å².